The van der Waals surface area contributed by atoms with Crippen LogP contribution >= 0.6 is 0 Å². The fraction of sp³-hybridized carbons (Fsp3) is 0.133. The van der Waals surface area contributed by atoms with Gasteiger partial charge in [0.05, 0.1) is 0 Å². The van der Waals surface area contributed by atoms with E-state index in [-0.39, 0.29) is 12.1 Å². The van der Waals surface area contributed by atoms with Gasteiger partial charge in [0, 0.05) is 16.2 Å². The first-order valence-corrected chi connectivity index (χ1v) is 11.4. The molecule has 32 heavy (non-hydrogen) atoms. The molecule has 0 saturated heterocycles. The van der Waals surface area contributed by atoms with Crippen molar-refractivity contribution in [3.63, 3.8) is 0 Å². The van der Waals surface area contributed by atoms with Crippen LogP contribution in [-0.2, 0) is 5.41 Å². The molecule has 0 aliphatic carbocycles. The average molecular weight is 410 g/mol. The number of ether oxygens (including phenoxy) is 1. The molecule has 5 aromatic rings. The molecule has 0 unspecified atom stereocenters. The van der Waals surface area contributed by atoms with Crippen molar-refractivity contribution in [1.29, 1.82) is 0 Å². The van der Waals surface area contributed by atoms with E-state index in [4.69, 9.17) is 4.74 Å². The molecule has 0 bridgehead atoms. The van der Waals surface area contributed by atoms with Crippen molar-refractivity contribution >= 4 is 44.6 Å². The SMILES string of the molecule is Cc1ccc2c(c1)C(C)(C)c1cc3ccccc3c3c1B2c1ccc2ccccc2c1O3. The Morgan fingerprint density at radius 1 is 0.656 bits per heavy atom. The molecular formula is C30H23BO. The molecule has 0 fully saturated rings. The highest BCUT2D eigenvalue weighted by atomic mass is 16.5. The Morgan fingerprint density at radius 3 is 2.16 bits per heavy atom. The Bertz CT molecular complexity index is 1590. The lowest BCUT2D eigenvalue weighted by molar-refractivity contribution is 0.496. The maximum Gasteiger partial charge on any atom is 0.251 e. The van der Waals surface area contributed by atoms with Crippen LogP contribution in [0.3, 0.4) is 0 Å². The quantitative estimate of drug-likeness (QED) is 0.298. The van der Waals surface area contributed by atoms with Gasteiger partial charge >= 0.3 is 0 Å². The van der Waals surface area contributed by atoms with E-state index in [0.717, 1.165) is 11.5 Å². The van der Waals surface area contributed by atoms with Crippen LogP contribution in [0.2, 0.25) is 0 Å². The zero-order valence-corrected chi connectivity index (χ0v) is 18.6. The van der Waals surface area contributed by atoms with E-state index in [2.05, 4.69) is 106 Å². The van der Waals surface area contributed by atoms with Crippen LogP contribution in [0, 0.1) is 6.92 Å². The van der Waals surface area contributed by atoms with Crippen molar-refractivity contribution < 1.29 is 4.74 Å². The molecule has 7 rings (SSSR count). The van der Waals surface area contributed by atoms with Crippen LogP contribution in [0.15, 0.2) is 84.9 Å². The number of hydrogen-bond donors (Lipinski definition) is 0. The summed E-state index contributed by atoms with van der Waals surface area (Å²) < 4.78 is 6.88. The van der Waals surface area contributed by atoms with Crippen molar-refractivity contribution in [1.82, 2.24) is 0 Å². The summed E-state index contributed by atoms with van der Waals surface area (Å²) in [6.07, 6.45) is 0. The Hall–Kier alpha value is -3.52. The lowest BCUT2D eigenvalue weighted by Gasteiger charge is -2.42. The van der Waals surface area contributed by atoms with Crippen LogP contribution in [0.1, 0.15) is 30.5 Å². The molecule has 2 aliphatic heterocycles. The van der Waals surface area contributed by atoms with E-state index in [9.17, 15) is 0 Å². The molecule has 152 valence electrons. The number of hydrogen-bond acceptors (Lipinski definition) is 1. The molecule has 0 amide bonds. The zero-order valence-electron chi connectivity index (χ0n) is 18.6. The van der Waals surface area contributed by atoms with Crippen molar-refractivity contribution in [2.24, 2.45) is 0 Å². The average Bonchev–Trinajstić information content (AvgIpc) is 2.81. The van der Waals surface area contributed by atoms with Gasteiger partial charge in [-0.15, -0.1) is 0 Å². The van der Waals surface area contributed by atoms with Gasteiger partial charge in [-0.2, -0.15) is 0 Å². The van der Waals surface area contributed by atoms with E-state index in [1.165, 1.54) is 54.6 Å². The second-order valence-corrected chi connectivity index (χ2v) is 9.84. The molecule has 5 aromatic carbocycles. The van der Waals surface area contributed by atoms with E-state index < -0.39 is 0 Å². The Labute approximate surface area is 188 Å². The fourth-order valence-corrected chi connectivity index (χ4v) is 6.03. The van der Waals surface area contributed by atoms with Gasteiger partial charge in [-0.1, -0.05) is 110 Å². The van der Waals surface area contributed by atoms with Gasteiger partial charge in [-0.25, -0.2) is 0 Å². The smallest absolute Gasteiger partial charge is 0.251 e. The minimum absolute atomic E-state index is 0.0936. The van der Waals surface area contributed by atoms with Gasteiger partial charge < -0.3 is 4.74 Å². The molecular weight excluding hydrogens is 387 g/mol. The third kappa shape index (κ3) is 2.20. The summed E-state index contributed by atoms with van der Waals surface area (Å²) in [6.45, 7) is 7.11. The van der Waals surface area contributed by atoms with Crippen molar-refractivity contribution in [3.05, 3.63) is 102 Å². The highest BCUT2D eigenvalue weighted by Gasteiger charge is 2.45. The molecule has 2 heteroatoms. The van der Waals surface area contributed by atoms with Gasteiger partial charge in [-0.05, 0) is 39.7 Å². The van der Waals surface area contributed by atoms with Crippen molar-refractivity contribution in [3.8, 4) is 11.5 Å². The maximum atomic E-state index is 6.88. The monoisotopic (exact) mass is 410 g/mol. The van der Waals surface area contributed by atoms with Crippen molar-refractivity contribution in [2.75, 3.05) is 0 Å². The molecule has 2 aliphatic rings. The molecule has 0 saturated carbocycles. The normalized spacial score (nSPS) is 15.2. The van der Waals surface area contributed by atoms with E-state index in [1.54, 1.807) is 0 Å². The summed E-state index contributed by atoms with van der Waals surface area (Å²) in [5, 5.41) is 4.84. The van der Waals surface area contributed by atoms with Gasteiger partial charge in [0.2, 0.25) is 0 Å². The van der Waals surface area contributed by atoms with Gasteiger partial charge in [-0.3, -0.25) is 0 Å². The molecule has 2 heterocycles. The van der Waals surface area contributed by atoms with E-state index >= 15 is 0 Å². The minimum Gasteiger partial charge on any atom is -0.457 e. The molecule has 0 radical (unpaired) electrons. The summed E-state index contributed by atoms with van der Waals surface area (Å²) in [4.78, 5) is 0. The summed E-state index contributed by atoms with van der Waals surface area (Å²) in [5.41, 5.74) is 8.05. The molecule has 0 aromatic heterocycles. The number of rotatable bonds is 0. The first-order valence-electron chi connectivity index (χ1n) is 11.4. The maximum absolute atomic E-state index is 6.88. The summed E-state index contributed by atoms with van der Waals surface area (Å²) >= 11 is 0. The van der Waals surface area contributed by atoms with E-state index in [1.807, 2.05) is 0 Å². The Kier molecular flexibility index (Phi) is 3.42. The van der Waals surface area contributed by atoms with Gasteiger partial charge in [0.1, 0.15) is 11.5 Å². The molecule has 0 atom stereocenters. The summed E-state index contributed by atoms with van der Waals surface area (Å²) in [5.74, 6) is 2.04. The lowest BCUT2D eigenvalue weighted by atomic mass is 9.30. The van der Waals surface area contributed by atoms with Gasteiger partial charge in [0.25, 0.3) is 6.71 Å². The van der Waals surface area contributed by atoms with Crippen LogP contribution in [0.4, 0.5) is 0 Å². The molecule has 0 spiro atoms. The Morgan fingerprint density at radius 2 is 1.34 bits per heavy atom. The molecule has 0 N–H and O–H groups in total. The highest BCUT2D eigenvalue weighted by molar-refractivity contribution is 6.98. The standard InChI is InChI=1S/C30H23BO/c1-18-12-14-25-23(16-18)30(2,3)24-17-20-9-5-7-11-22(20)29-27(24)31(25)26-15-13-19-8-4-6-10-21(19)28(26)32-29/h4-17H,1-3H3. The van der Waals surface area contributed by atoms with Crippen molar-refractivity contribution in [2.45, 2.75) is 26.2 Å². The minimum atomic E-state index is -0.0936. The molecule has 1 nitrogen and oxygen atoms in total. The lowest BCUT2D eigenvalue weighted by Crippen LogP contribution is -2.62. The predicted molar refractivity (Wildman–Crippen MR) is 136 cm³/mol. The van der Waals surface area contributed by atoms with E-state index in [0.29, 0.717) is 0 Å². The highest BCUT2D eigenvalue weighted by Crippen LogP contribution is 2.43. The Balaban J connectivity index is 1.68. The van der Waals surface area contributed by atoms with Crippen LogP contribution in [0.5, 0.6) is 11.5 Å². The largest absolute Gasteiger partial charge is 0.457 e. The summed E-state index contributed by atoms with van der Waals surface area (Å²) in [7, 11) is 0. The number of benzene rings is 5. The summed E-state index contributed by atoms with van der Waals surface area (Å²) in [6, 6.07) is 31.2. The second-order valence-electron chi connectivity index (χ2n) is 9.84. The topological polar surface area (TPSA) is 9.23 Å². The number of aryl methyl sites for hydroxylation is 1. The fourth-order valence-electron chi connectivity index (χ4n) is 6.03. The van der Waals surface area contributed by atoms with Crippen LogP contribution in [-0.4, -0.2) is 6.71 Å². The zero-order chi connectivity index (χ0) is 21.6. The third-order valence-electron chi connectivity index (χ3n) is 7.62. The third-order valence-corrected chi connectivity index (χ3v) is 7.62. The van der Waals surface area contributed by atoms with Crippen LogP contribution < -0.4 is 21.1 Å². The van der Waals surface area contributed by atoms with Crippen LogP contribution in [0.25, 0.3) is 21.5 Å². The van der Waals surface area contributed by atoms with Gasteiger partial charge in [0.15, 0.2) is 0 Å². The number of fused-ring (bicyclic) bond motifs is 8. The first kappa shape index (κ1) is 18.1. The predicted octanol–water partition coefficient (Wildman–Crippen LogP) is 5.56. The second kappa shape index (κ2) is 6.04. The first-order chi connectivity index (χ1) is 15.5.